The minimum atomic E-state index is 0.618. The molecule has 118 valence electrons. The molecule has 1 aromatic carbocycles. The van der Waals surface area contributed by atoms with Gasteiger partial charge in [-0.15, -0.1) is 0 Å². The maximum Gasteiger partial charge on any atom is 0.0705 e. The highest BCUT2D eigenvalue weighted by Gasteiger charge is 2.25. The van der Waals surface area contributed by atoms with Gasteiger partial charge in [0.05, 0.1) is 5.52 Å². The zero-order valence-electron chi connectivity index (χ0n) is 14.0. The molecule has 1 aliphatic rings. The molecule has 0 saturated heterocycles. The Hall–Kier alpha value is -2.09. The number of para-hydroxylation sites is 1. The third-order valence-corrected chi connectivity index (χ3v) is 5.43. The van der Waals surface area contributed by atoms with Crippen molar-refractivity contribution in [3.8, 4) is 0 Å². The van der Waals surface area contributed by atoms with Crippen molar-refractivity contribution < 1.29 is 0 Å². The van der Waals surface area contributed by atoms with Gasteiger partial charge in [-0.1, -0.05) is 24.3 Å². The van der Waals surface area contributed by atoms with E-state index in [1.54, 1.807) is 0 Å². The van der Waals surface area contributed by atoms with E-state index in [0.29, 0.717) is 12.0 Å². The molecule has 1 fully saturated rings. The van der Waals surface area contributed by atoms with E-state index in [2.05, 4.69) is 66.9 Å². The van der Waals surface area contributed by atoms with E-state index in [1.165, 1.54) is 48.2 Å². The van der Waals surface area contributed by atoms with Gasteiger partial charge < -0.3 is 4.57 Å². The summed E-state index contributed by atoms with van der Waals surface area (Å²) < 4.78 is 2.53. The number of aryl methyl sites for hydroxylation is 2. The highest BCUT2D eigenvalue weighted by molar-refractivity contribution is 5.78. The van der Waals surface area contributed by atoms with E-state index in [4.69, 9.17) is 4.98 Å². The van der Waals surface area contributed by atoms with Gasteiger partial charge in [0, 0.05) is 34.4 Å². The average Bonchev–Trinajstić information content (AvgIpc) is 2.93. The number of pyridine rings is 1. The molecule has 2 aromatic heterocycles. The Kier molecular flexibility index (Phi) is 3.68. The van der Waals surface area contributed by atoms with Gasteiger partial charge in [-0.2, -0.15) is 0 Å². The molecule has 2 heterocycles. The summed E-state index contributed by atoms with van der Waals surface area (Å²) in [7, 11) is 0. The molecule has 0 amide bonds. The summed E-state index contributed by atoms with van der Waals surface area (Å²) >= 11 is 0. The predicted molar refractivity (Wildman–Crippen MR) is 95.9 cm³/mol. The normalized spacial score (nSPS) is 21.7. The van der Waals surface area contributed by atoms with Crippen LogP contribution in [0.15, 0.2) is 48.5 Å². The standard InChI is InChI=1S/C21H24N2/c1-15-7-8-16(2)23(15)19-12-9-18(10-13-19)21-14-11-17-5-3-4-6-20(17)22-21/h3-8,11,14,18-19H,9-10,12-13H2,1-2H3. The molecule has 0 N–H and O–H groups in total. The van der Waals surface area contributed by atoms with Gasteiger partial charge in [-0.25, -0.2) is 0 Å². The Morgan fingerprint density at radius 2 is 1.52 bits per heavy atom. The molecular formula is C21H24N2. The van der Waals surface area contributed by atoms with Crippen LogP contribution in [0.3, 0.4) is 0 Å². The summed E-state index contributed by atoms with van der Waals surface area (Å²) in [5, 5.41) is 1.24. The van der Waals surface area contributed by atoms with Crippen LogP contribution in [0, 0.1) is 13.8 Å². The van der Waals surface area contributed by atoms with E-state index in [1.807, 2.05) is 0 Å². The SMILES string of the molecule is Cc1ccc(C)n1C1CCC(c2ccc3ccccc3n2)CC1. The Bertz CT molecular complexity index is 803. The summed E-state index contributed by atoms with van der Waals surface area (Å²) in [5.74, 6) is 0.618. The van der Waals surface area contributed by atoms with Crippen molar-refractivity contribution in [3.63, 3.8) is 0 Å². The highest BCUT2D eigenvalue weighted by atomic mass is 15.0. The highest BCUT2D eigenvalue weighted by Crippen LogP contribution is 2.38. The third kappa shape index (κ3) is 2.67. The van der Waals surface area contributed by atoms with Crippen molar-refractivity contribution >= 4 is 10.9 Å². The van der Waals surface area contributed by atoms with Crippen LogP contribution in [0.25, 0.3) is 10.9 Å². The van der Waals surface area contributed by atoms with E-state index < -0.39 is 0 Å². The molecule has 1 aliphatic carbocycles. The smallest absolute Gasteiger partial charge is 0.0705 e. The van der Waals surface area contributed by atoms with Gasteiger partial charge in [0.1, 0.15) is 0 Å². The first-order chi connectivity index (χ1) is 11.2. The molecule has 23 heavy (non-hydrogen) atoms. The molecule has 0 aliphatic heterocycles. The van der Waals surface area contributed by atoms with Gasteiger partial charge >= 0.3 is 0 Å². The van der Waals surface area contributed by atoms with Crippen LogP contribution in [-0.4, -0.2) is 9.55 Å². The fourth-order valence-corrected chi connectivity index (χ4v) is 4.19. The Labute approximate surface area is 138 Å². The molecule has 0 radical (unpaired) electrons. The lowest BCUT2D eigenvalue weighted by Crippen LogP contribution is -2.19. The fraction of sp³-hybridized carbons (Fsp3) is 0.381. The van der Waals surface area contributed by atoms with Crippen LogP contribution in [0.1, 0.15) is 54.7 Å². The monoisotopic (exact) mass is 304 g/mol. The average molecular weight is 304 g/mol. The summed E-state index contributed by atoms with van der Waals surface area (Å²) in [6.45, 7) is 4.45. The van der Waals surface area contributed by atoms with Crippen molar-refractivity contribution in [2.45, 2.75) is 51.5 Å². The zero-order valence-corrected chi connectivity index (χ0v) is 14.0. The van der Waals surface area contributed by atoms with Crippen molar-refractivity contribution in [2.75, 3.05) is 0 Å². The Morgan fingerprint density at radius 1 is 0.826 bits per heavy atom. The van der Waals surface area contributed by atoms with Crippen LogP contribution in [0.4, 0.5) is 0 Å². The van der Waals surface area contributed by atoms with Crippen molar-refractivity contribution in [3.05, 3.63) is 65.6 Å². The number of hydrogen-bond acceptors (Lipinski definition) is 1. The van der Waals surface area contributed by atoms with Gasteiger partial charge in [0.2, 0.25) is 0 Å². The number of nitrogens with zero attached hydrogens (tertiary/aromatic N) is 2. The molecule has 2 heteroatoms. The molecular weight excluding hydrogens is 280 g/mol. The second-order valence-electron chi connectivity index (χ2n) is 6.92. The lowest BCUT2D eigenvalue weighted by Gasteiger charge is -2.31. The quantitative estimate of drug-likeness (QED) is 0.606. The van der Waals surface area contributed by atoms with Gasteiger partial charge in [-0.05, 0) is 63.8 Å². The number of aromatic nitrogens is 2. The van der Waals surface area contributed by atoms with Crippen LogP contribution in [-0.2, 0) is 0 Å². The van der Waals surface area contributed by atoms with E-state index in [0.717, 1.165) is 5.52 Å². The largest absolute Gasteiger partial charge is 0.346 e. The molecule has 4 rings (SSSR count). The lowest BCUT2D eigenvalue weighted by molar-refractivity contribution is 0.315. The van der Waals surface area contributed by atoms with Crippen LogP contribution in [0.5, 0.6) is 0 Å². The Morgan fingerprint density at radius 3 is 2.26 bits per heavy atom. The first-order valence-corrected chi connectivity index (χ1v) is 8.72. The first-order valence-electron chi connectivity index (χ1n) is 8.72. The van der Waals surface area contributed by atoms with Crippen molar-refractivity contribution in [1.82, 2.24) is 9.55 Å². The Balaban J connectivity index is 1.52. The van der Waals surface area contributed by atoms with Gasteiger partial charge in [-0.3, -0.25) is 4.98 Å². The number of fused-ring (bicyclic) bond motifs is 1. The second-order valence-corrected chi connectivity index (χ2v) is 6.92. The molecule has 0 atom stereocenters. The maximum absolute atomic E-state index is 4.91. The second kappa shape index (κ2) is 5.84. The predicted octanol–water partition coefficient (Wildman–Crippen LogP) is 5.55. The van der Waals surface area contributed by atoms with Crippen molar-refractivity contribution in [1.29, 1.82) is 0 Å². The molecule has 1 saturated carbocycles. The molecule has 0 bridgehead atoms. The summed E-state index contributed by atoms with van der Waals surface area (Å²) in [6.07, 6.45) is 5.01. The molecule has 0 unspecified atom stereocenters. The van der Waals surface area contributed by atoms with Crippen LogP contribution < -0.4 is 0 Å². The van der Waals surface area contributed by atoms with Crippen molar-refractivity contribution in [2.24, 2.45) is 0 Å². The van der Waals surface area contributed by atoms with Gasteiger partial charge in [0.15, 0.2) is 0 Å². The topological polar surface area (TPSA) is 17.8 Å². The molecule has 0 spiro atoms. The molecule has 3 aromatic rings. The third-order valence-electron chi connectivity index (χ3n) is 5.43. The lowest BCUT2D eigenvalue weighted by atomic mass is 9.83. The first kappa shape index (κ1) is 14.5. The van der Waals surface area contributed by atoms with E-state index >= 15 is 0 Å². The summed E-state index contributed by atoms with van der Waals surface area (Å²) in [5.41, 5.74) is 5.21. The molecule has 2 nitrogen and oxygen atoms in total. The summed E-state index contributed by atoms with van der Waals surface area (Å²) in [4.78, 5) is 4.91. The minimum Gasteiger partial charge on any atom is -0.346 e. The zero-order chi connectivity index (χ0) is 15.8. The van der Waals surface area contributed by atoms with E-state index in [9.17, 15) is 0 Å². The fourth-order valence-electron chi connectivity index (χ4n) is 4.19. The van der Waals surface area contributed by atoms with E-state index in [-0.39, 0.29) is 0 Å². The van der Waals surface area contributed by atoms with Gasteiger partial charge in [0.25, 0.3) is 0 Å². The number of rotatable bonds is 2. The van der Waals surface area contributed by atoms with Crippen LogP contribution in [0.2, 0.25) is 0 Å². The minimum absolute atomic E-state index is 0.618. The maximum atomic E-state index is 4.91. The van der Waals surface area contributed by atoms with Crippen LogP contribution >= 0.6 is 0 Å². The number of hydrogen-bond donors (Lipinski definition) is 0. The number of benzene rings is 1. The summed E-state index contributed by atoms with van der Waals surface area (Å²) in [6, 6.07) is 18.0.